The zero-order valence-corrected chi connectivity index (χ0v) is 5.65. The van der Waals surface area contributed by atoms with Crippen molar-refractivity contribution in [2.24, 2.45) is 0 Å². The first-order valence-electron chi connectivity index (χ1n) is 1.16. The molecular weight excluding hydrogens is 162 g/mol. The van der Waals surface area contributed by atoms with E-state index >= 15 is 0 Å². The van der Waals surface area contributed by atoms with Crippen LogP contribution < -0.4 is 0 Å². The van der Waals surface area contributed by atoms with Crippen molar-refractivity contribution in [2.75, 3.05) is 0 Å². The molecule has 0 aromatic heterocycles. The third-order valence-electron chi connectivity index (χ3n) is 0. The standard InChI is InChI=1S/CH3.Mn.H3O4P/c;;1-5(2,3)4/h1H3;;(H3,1,2,3,4). The van der Waals surface area contributed by atoms with Crippen molar-refractivity contribution in [3.63, 3.8) is 0 Å². The molecule has 46 valence electrons. The van der Waals surface area contributed by atoms with Crippen molar-refractivity contribution in [1.29, 1.82) is 0 Å². The topological polar surface area (TPSA) is 77.8 Å². The number of hydrogen-bond donors (Lipinski definition) is 3. The van der Waals surface area contributed by atoms with E-state index in [-0.39, 0.29) is 0 Å². The SMILES string of the molecule is O=P(O)(O)O.[CH3][Mn]. The normalized spacial score (nSPS) is 9.29. The molecule has 4 nitrogen and oxygen atoms in total. The Morgan fingerprint density at radius 1 is 1.29 bits per heavy atom. The van der Waals surface area contributed by atoms with Crippen LogP contribution in [0.3, 0.4) is 0 Å². The van der Waals surface area contributed by atoms with Crippen LogP contribution in [0.2, 0.25) is 5.82 Å². The first kappa shape index (κ1) is 10.6. The Balaban J connectivity index is 0. The molecule has 0 atom stereocenters. The molecule has 0 aromatic rings. The molecule has 0 saturated heterocycles. The van der Waals surface area contributed by atoms with Gasteiger partial charge in [-0.2, -0.15) is 0 Å². The number of phosphoric acid groups is 1. The van der Waals surface area contributed by atoms with Gasteiger partial charge >= 0.3 is 29.7 Å². The van der Waals surface area contributed by atoms with Crippen molar-refractivity contribution in [2.45, 2.75) is 5.82 Å². The van der Waals surface area contributed by atoms with Gasteiger partial charge in [-0.3, -0.25) is 0 Å². The third kappa shape index (κ3) is 359. The molecule has 0 radical (unpaired) electrons. The summed E-state index contributed by atoms with van der Waals surface area (Å²) in [7, 11) is -4.64. The fraction of sp³-hybridized carbons (Fsp3) is 1.00. The molecule has 0 amide bonds. The maximum atomic E-state index is 8.88. The molecule has 0 aliphatic heterocycles. The number of rotatable bonds is 0. The zero-order chi connectivity index (χ0) is 6.50. The Morgan fingerprint density at radius 2 is 1.29 bits per heavy atom. The molecule has 0 aromatic carbocycles. The Morgan fingerprint density at radius 3 is 1.29 bits per heavy atom. The van der Waals surface area contributed by atoms with Crippen LogP contribution in [0.1, 0.15) is 0 Å². The van der Waals surface area contributed by atoms with Gasteiger partial charge in [0, 0.05) is 0 Å². The van der Waals surface area contributed by atoms with E-state index in [1.54, 1.807) is 0 Å². The molecule has 6 heteroatoms. The second-order valence-electron chi connectivity index (χ2n) is 0.513. The first-order chi connectivity index (χ1) is 3.00. The van der Waals surface area contributed by atoms with Gasteiger partial charge in [-0.1, -0.05) is 0 Å². The van der Waals surface area contributed by atoms with Crippen LogP contribution in [0, 0.1) is 0 Å². The molecule has 0 rings (SSSR count). The predicted molar refractivity (Wildman–Crippen MR) is 20.1 cm³/mol. The summed E-state index contributed by atoms with van der Waals surface area (Å²) in [6, 6.07) is 0. The van der Waals surface area contributed by atoms with Gasteiger partial charge < -0.3 is 14.7 Å². The van der Waals surface area contributed by atoms with Crippen molar-refractivity contribution in [1.82, 2.24) is 0 Å². The fourth-order valence-electron chi connectivity index (χ4n) is 0. The van der Waals surface area contributed by atoms with E-state index in [1.165, 1.54) is 0 Å². The molecule has 3 N–H and O–H groups in total. The summed E-state index contributed by atoms with van der Waals surface area (Å²) >= 11 is 2.94. The average Bonchev–Trinajstić information content (AvgIpc) is 1.36. The van der Waals surface area contributed by atoms with E-state index in [0.29, 0.717) is 0 Å². The van der Waals surface area contributed by atoms with Gasteiger partial charge in [-0.05, 0) is 0 Å². The Hall–Kier alpha value is 0.629. The fourth-order valence-corrected chi connectivity index (χ4v) is 0. The molecule has 0 spiro atoms. The molecule has 0 saturated carbocycles. The van der Waals surface area contributed by atoms with Crippen LogP contribution in [0.5, 0.6) is 0 Å². The molecule has 7 heavy (non-hydrogen) atoms. The Kier molecular flexibility index (Phi) is 7.23. The van der Waals surface area contributed by atoms with Crippen LogP contribution in [0.15, 0.2) is 0 Å². The predicted octanol–water partition coefficient (Wildman–Crippen LogP) is -0.347. The van der Waals surface area contributed by atoms with E-state index in [1.807, 2.05) is 5.82 Å². The summed E-state index contributed by atoms with van der Waals surface area (Å²) in [4.78, 5) is 21.6. The summed E-state index contributed by atoms with van der Waals surface area (Å²) in [5.41, 5.74) is 0. The van der Waals surface area contributed by atoms with Gasteiger partial charge in [0.25, 0.3) is 0 Å². The molecule has 0 unspecified atom stereocenters. The van der Waals surface area contributed by atoms with Crippen molar-refractivity contribution >= 4 is 7.82 Å². The second-order valence-corrected chi connectivity index (χ2v) is 1.54. The Bertz CT molecular complexity index is 57.8. The summed E-state index contributed by atoms with van der Waals surface area (Å²) < 4.78 is 8.88. The monoisotopic (exact) mass is 168 g/mol. The van der Waals surface area contributed by atoms with E-state index in [9.17, 15) is 0 Å². The zero-order valence-electron chi connectivity index (χ0n) is 3.58. The molecule has 0 aliphatic carbocycles. The summed E-state index contributed by atoms with van der Waals surface area (Å²) in [5, 5.41) is 0. The van der Waals surface area contributed by atoms with Gasteiger partial charge in [0.15, 0.2) is 0 Å². The van der Waals surface area contributed by atoms with Gasteiger partial charge in [-0.25, -0.2) is 4.57 Å². The van der Waals surface area contributed by atoms with Crippen molar-refractivity contribution < 1.29 is 35.3 Å². The van der Waals surface area contributed by atoms with Crippen LogP contribution in [0.4, 0.5) is 0 Å². The number of hydrogen-bond acceptors (Lipinski definition) is 1. The van der Waals surface area contributed by atoms with Gasteiger partial charge in [0.2, 0.25) is 0 Å². The van der Waals surface area contributed by atoms with Crippen molar-refractivity contribution in [3.8, 4) is 0 Å². The molecule has 0 heterocycles. The van der Waals surface area contributed by atoms with Crippen LogP contribution in [-0.4, -0.2) is 14.7 Å². The van der Waals surface area contributed by atoms with E-state index in [2.05, 4.69) is 16.0 Å². The maximum absolute atomic E-state index is 8.88. The van der Waals surface area contributed by atoms with Crippen molar-refractivity contribution in [3.05, 3.63) is 0 Å². The molecule has 0 bridgehead atoms. The first-order valence-corrected chi connectivity index (χ1v) is 3.91. The quantitative estimate of drug-likeness (QED) is 0.341. The summed E-state index contributed by atoms with van der Waals surface area (Å²) in [6.07, 6.45) is 0. The molecular formula is CH6MnO4P. The van der Waals surface area contributed by atoms with Gasteiger partial charge in [0.05, 0.1) is 0 Å². The minimum absolute atomic E-state index is 1.81. The van der Waals surface area contributed by atoms with Crippen LogP contribution in [-0.2, 0) is 20.6 Å². The van der Waals surface area contributed by atoms with E-state index in [0.717, 1.165) is 0 Å². The van der Waals surface area contributed by atoms with Crippen LogP contribution in [0.25, 0.3) is 0 Å². The second kappa shape index (κ2) is 4.78. The van der Waals surface area contributed by atoms with E-state index in [4.69, 9.17) is 19.2 Å². The Labute approximate surface area is 49.6 Å². The summed E-state index contributed by atoms with van der Waals surface area (Å²) in [5.74, 6) is 1.81. The van der Waals surface area contributed by atoms with E-state index < -0.39 is 7.82 Å². The average molecular weight is 168 g/mol. The molecule has 0 aliphatic rings. The summed E-state index contributed by atoms with van der Waals surface area (Å²) in [6.45, 7) is 0. The van der Waals surface area contributed by atoms with Gasteiger partial charge in [0.1, 0.15) is 0 Å². The third-order valence-corrected chi connectivity index (χ3v) is 0. The minimum atomic E-state index is -4.64. The van der Waals surface area contributed by atoms with Gasteiger partial charge in [-0.15, -0.1) is 0 Å². The van der Waals surface area contributed by atoms with Crippen LogP contribution >= 0.6 is 7.82 Å². The molecule has 0 fully saturated rings.